The van der Waals surface area contributed by atoms with E-state index in [-0.39, 0.29) is 0 Å². The first kappa shape index (κ1) is 14.0. The fourth-order valence-corrected chi connectivity index (χ4v) is 1.50. The second-order valence-corrected chi connectivity index (χ2v) is 3.62. The number of allylic oxidation sites excluding steroid dienone is 2. The van der Waals surface area contributed by atoms with Gasteiger partial charge in [0.05, 0.1) is 0 Å². The Bertz CT molecular complexity index is 199. The standard InChI is InChI=1S/C12H25N3/c1-6-10-15(7-2)12(4)9-8-11(3)14-13-5/h13-14H,3-4,6-10H2,1-2,5H3. The van der Waals surface area contributed by atoms with Crippen molar-refractivity contribution in [3.05, 3.63) is 24.6 Å². The molecule has 0 atom stereocenters. The van der Waals surface area contributed by atoms with E-state index in [1.807, 2.05) is 7.05 Å². The Morgan fingerprint density at radius 2 is 1.87 bits per heavy atom. The lowest BCUT2D eigenvalue weighted by Crippen LogP contribution is -2.27. The Hall–Kier alpha value is -0.960. The fraction of sp³-hybridized carbons (Fsp3) is 0.667. The molecule has 0 rings (SSSR count). The van der Waals surface area contributed by atoms with Crippen LogP contribution in [0.25, 0.3) is 0 Å². The number of hydrogen-bond donors (Lipinski definition) is 2. The van der Waals surface area contributed by atoms with E-state index >= 15 is 0 Å². The highest BCUT2D eigenvalue weighted by Crippen LogP contribution is 2.11. The average Bonchev–Trinajstić information content (AvgIpc) is 2.23. The minimum absolute atomic E-state index is 0.930. The van der Waals surface area contributed by atoms with Crippen LogP contribution in [0.4, 0.5) is 0 Å². The molecule has 0 aromatic rings. The smallest absolute Gasteiger partial charge is 0.0193 e. The highest BCUT2D eigenvalue weighted by atomic mass is 15.3. The van der Waals surface area contributed by atoms with Gasteiger partial charge in [0.2, 0.25) is 0 Å². The highest BCUT2D eigenvalue weighted by Gasteiger charge is 2.04. The van der Waals surface area contributed by atoms with Gasteiger partial charge in [0.25, 0.3) is 0 Å². The van der Waals surface area contributed by atoms with Crippen LogP contribution in [-0.2, 0) is 0 Å². The molecule has 0 aliphatic heterocycles. The van der Waals surface area contributed by atoms with Crippen LogP contribution in [0.5, 0.6) is 0 Å². The van der Waals surface area contributed by atoms with Crippen molar-refractivity contribution in [2.24, 2.45) is 0 Å². The van der Waals surface area contributed by atoms with E-state index in [2.05, 4.69) is 42.8 Å². The minimum Gasteiger partial charge on any atom is -0.376 e. The molecule has 2 N–H and O–H groups in total. The first-order chi connectivity index (χ1) is 7.15. The minimum atomic E-state index is 0.930. The van der Waals surface area contributed by atoms with Gasteiger partial charge in [-0.1, -0.05) is 20.1 Å². The van der Waals surface area contributed by atoms with Crippen molar-refractivity contribution in [1.82, 2.24) is 15.8 Å². The lowest BCUT2D eigenvalue weighted by molar-refractivity contribution is 0.350. The third-order valence-electron chi connectivity index (χ3n) is 2.34. The summed E-state index contributed by atoms with van der Waals surface area (Å²) in [5.41, 5.74) is 8.07. The Balaban J connectivity index is 3.84. The summed E-state index contributed by atoms with van der Waals surface area (Å²) in [7, 11) is 1.84. The number of hydrogen-bond acceptors (Lipinski definition) is 3. The van der Waals surface area contributed by atoms with Crippen molar-refractivity contribution in [3.63, 3.8) is 0 Å². The van der Waals surface area contributed by atoms with Crippen molar-refractivity contribution in [2.45, 2.75) is 33.1 Å². The largest absolute Gasteiger partial charge is 0.376 e. The quantitative estimate of drug-likeness (QED) is 0.573. The first-order valence-corrected chi connectivity index (χ1v) is 5.68. The van der Waals surface area contributed by atoms with E-state index in [0.29, 0.717) is 0 Å². The molecule has 0 aliphatic rings. The molecule has 0 heterocycles. The van der Waals surface area contributed by atoms with Crippen LogP contribution >= 0.6 is 0 Å². The predicted octanol–water partition coefficient (Wildman–Crippen LogP) is 2.25. The van der Waals surface area contributed by atoms with Crippen molar-refractivity contribution < 1.29 is 0 Å². The highest BCUT2D eigenvalue weighted by molar-refractivity contribution is 4.99. The first-order valence-electron chi connectivity index (χ1n) is 5.68. The molecule has 0 fully saturated rings. The zero-order valence-corrected chi connectivity index (χ0v) is 10.4. The summed E-state index contributed by atoms with van der Waals surface area (Å²) in [4.78, 5) is 2.33. The molecule has 0 aromatic carbocycles. The zero-order valence-electron chi connectivity index (χ0n) is 10.4. The summed E-state index contributed by atoms with van der Waals surface area (Å²) in [6, 6.07) is 0. The Morgan fingerprint density at radius 3 is 2.33 bits per heavy atom. The molecule has 0 bridgehead atoms. The van der Waals surface area contributed by atoms with Gasteiger partial charge in [-0.05, 0) is 26.2 Å². The third-order valence-corrected chi connectivity index (χ3v) is 2.34. The molecule has 0 saturated heterocycles. The summed E-state index contributed by atoms with van der Waals surface area (Å²) in [6.07, 6.45) is 3.07. The molecule has 0 radical (unpaired) electrons. The van der Waals surface area contributed by atoms with Crippen LogP contribution in [0.1, 0.15) is 33.1 Å². The number of hydrazine groups is 1. The zero-order chi connectivity index (χ0) is 11.7. The van der Waals surface area contributed by atoms with Crippen molar-refractivity contribution >= 4 is 0 Å². The molecule has 0 spiro atoms. The van der Waals surface area contributed by atoms with Gasteiger partial charge in [0.1, 0.15) is 0 Å². The van der Waals surface area contributed by atoms with Gasteiger partial charge >= 0.3 is 0 Å². The number of nitrogens with one attached hydrogen (secondary N) is 2. The lowest BCUT2D eigenvalue weighted by atomic mass is 10.2. The molecule has 0 amide bonds. The molecule has 0 aliphatic carbocycles. The summed E-state index contributed by atoms with van der Waals surface area (Å²) in [5, 5.41) is 0. The molecule has 0 unspecified atom stereocenters. The van der Waals surface area contributed by atoms with E-state index < -0.39 is 0 Å². The van der Waals surface area contributed by atoms with Gasteiger partial charge in [-0.15, -0.1) is 0 Å². The molecular weight excluding hydrogens is 186 g/mol. The number of nitrogens with zero attached hydrogens (tertiary/aromatic N) is 1. The van der Waals surface area contributed by atoms with Gasteiger partial charge in [-0.3, -0.25) is 0 Å². The van der Waals surface area contributed by atoms with Gasteiger partial charge in [-0.2, -0.15) is 0 Å². The van der Waals surface area contributed by atoms with E-state index in [9.17, 15) is 0 Å². The van der Waals surface area contributed by atoms with Crippen LogP contribution in [0.2, 0.25) is 0 Å². The van der Waals surface area contributed by atoms with Gasteiger partial charge in [-0.25, -0.2) is 5.43 Å². The summed E-state index contributed by atoms with van der Waals surface area (Å²) in [6.45, 7) is 14.5. The topological polar surface area (TPSA) is 27.3 Å². The monoisotopic (exact) mass is 211 g/mol. The van der Waals surface area contributed by atoms with E-state index in [1.54, 1.807) is 0 Å². The Kier molecular flexibility index (Phi) is 7.82. The molecule has 3 nitrogen and oxygen atoms in total. The maximum absolute atomic E-state index is 4.11. The van der Waals surface area contributed by atoms with Crippen LogP contribution in [-0.4, -0.2) is 25.0 Å². The fourth-order valence-electron chi connectivity index (χ4n) is 1.50. The molecule has 88 valence electrons. The average molecular weight is 211 g/mol. The van der Waals surface area contributed by atoms with Crippen LogP contribution < -0.4 is 10.9 Å². The van der Waals surface area contributed by atoms with Crippen molar-refractivity contribution in [3.8, 4) is 0 Å². The summed E-state index contributed by atoms with van der Waals surface area (Å²) >= 11 is 0. The van der Waals surface area contributed by atoms with E-state index in [4.69, 9.17) is 0 Å². The van der Waals surface area contributed by atoms with Gasteiger partial charge in [0.15, 0.2) is 0 Å². The second-order valence-electron chi connectivity index (χ2n) is 3.62. The van der Waals surface area contributed by atoms with Crippen molar-refractivity contribution in [1.29, 1.82) is 0 Å². The van der Waals surface area contributed by atoms with Gasteiger partial charge in [0, 0.05) is 31.5 Å². The molecular formula is C12H25N3. The number of rotatable bonds is 9. The SMILES string of the molecule is C=C(CCC(=C)N(CC)CCC)NNC. The Labute approximate surface area is 94.2 Å². The van der Waals surface area contributed by atoms with E-state index in [0.717, 1.165) is 31.6 Å². The lowest BCUT2D eigenvalue weighted by Gasteiger charge is -2.25. The predicted molar refractivity (Wildman–Crippen MR) is 67.2 cm³/mol. The van der Waals surface area contributed by atoms with E-state index in [1.165, 1.54) is 12.1 Å². The van der Waals surface area contributed by atoms with Gasteiger partial charge < -0.3 is 10.3 Å². The molecule has 0 aromatic heterocycles. The van der Waals surface area contributed by atoms with Crippen LogP contribution in [0, 0.1) is 0 Å². The van der Waals surface area contributed by atoms with Crippen LogP contribution in [0.15, 0.2) is 24.6 Å². The maximum atomic E-state index is 4.11. The molecule has 0 saturated carbocycles. The Morgan fingerprint density at radius 1 is 1.20 bits per heavy atom. The molecule has 15 heavy (non-hydrogen) atoms. The third kappa shape index (κ3) is 6.18. The normalized spacial score (nSPS) is 9.80. The van der Waals surface area contributed by atoms with Crippen molar-refractivity contribution in [2.75, 3.05) is 20.1 Å². The van der Waals surface area contributed by atoms with Crippen LogP contribution in [0.3, 0.4) is 0 Å². The molecule has 3 heteroatoms. The summed E-state index contributed by atoms with van der Waals surface area (Å²) in [5.74, 6) is 0. The maximum Gasteiger partial charge on any atom is 0.0193 e. The summed E-state index contributed by atoms with van der Waals surface area (Å²) < 4.78 is 0. The second kappa shape index (κ2) is 8.36.